The minimum Gasteiger partial charge on any atom is -0.486 e. The molecule has 12 heterocycles. The molecule has 1 unspecified atom stereocenters. The minimum atomic E-state index is -1.08. The van der Waals surface area contributed by atoms with Crippen molar-refractivity contribution in [2.75, 3.05) is 153 Å². The van der Waals surface area contributed by atoms with E-state index in [-0.39, 0.29) is 93.8 Å². The van der Waals surface area contributed by atoms with Gasteiger partial charge < -0.3 is 94.6 Å². The Bertz CT molecular complexity index is 3600. The van der Waals surface area contributed by atoms with Crippen LogP contribution in [0, 0.1) is 35.2 Å². The van der Waals surface area contributed by atoms with E-state index in [1.807, 2.05) is 59.5 Å². The zero-order valence-electron chi connectivity index (χ0n) is 58.0. The molecule has 2 amide bonds. The van der Waals surface area contributed by atoms with Crippen molar-refractivity contribution in [1.82, 2.24) is 40.3 Å². The molecule has 0 radical (unpaired) electrons. The lowest BCUT2D eigenvalue weighted by Crippen LogP contribution is -2.48. The number of ether oxygens (including phenoxy) is 6. The number of aliphatic hydroxyl groups is 3. The predicted octanol–water partition coefficient (Wildman–Crippen LogP) is 8.22. The number of nitrogens with one attached hydrogen (secondary N) is 2. The predicted molar refractivity (Wildman–Crippen MR) is 397 cm³/mol. The van der Waals surface area contributed by atoms with Crippen molar-refractivity contribution in [2.24, 2.45) is 23.5 Å². The van der Waals surface area contributed by atoms with Gasteiger partial charge in [0.2, 0.25) is 11.8 Å². The molecule has 0 bridgehead atoms. The number of benzene rings is 3. The number of amides is 2. The Labute approximate surface area is 620 Å². The molecule has 3 aromatic heterocycles. The van der Waals surface area contributed by atoms with Crippen LogP contribution in [-0.4, -0.2) is 224 Å². The maximum Gasteiger partial charge on any atom is 0.308 e. The molecular formula is C78H107F3N12O13. The quantitative estimate of drug-likeness (QED) is 0.0379. The number of aliphatic hydroxyl groups excluding tert-OH is 3. The van der Waals surface area contributed by atoms with Crippen molar-refractivity contribution < 1.29 is 76.4 Å². The van der Waals surface area contributed by atoms with E-state index in [2.05, 4.69) is 50.1 Å². The molecule has 25 nitrogen and oxygen atoms in total. The second kappa shape index (κ2) is 39.2. The Morgan fingerprint density at radius 2 is 0.755 bits per heavy atom. The first-order chi connectivity index (χ1) is 50.1. The molecule has 6 fully saturated rings. The fourth-order valence-electron chi connectivity index (χ4n) is 14.7. The second-order valence-electron chi connectivity index (χ2n) is 27.5. The lowest BCUT2D eigenvalue weighted by Gasteiger charge is -2.30. The third kappa shape index (κ3) is 21.1. The zero-order valence-corrected chi connectivity index (χ0v) is 58.0. The first kappa shape index (κ1) is 81.3. The van der Waals surface area contributed by atoms with Gasteiger partial charge in [-0.05, 0) is 187 Å². The van der Waals surface area contributed by atoms with Gasteiger partial charge in [0.05, 0.1) is 35.9 Å². The van der Waals surface area contributed by atoms with Crippen LogP contribution in [0.15, 0.2) is 110 Å². The van der Waals surface area contributed by atoms with E-state index in [4.69, 9.17) is 39.3 Å². The summed E-state index contributed by atoms with van der Waals surface area (Å²) in [7, 11) is 0. The fraction of sp³-hybridized carbons (Fsp3) is 0.538. The van der Waals surface area contributed by atoms with E-state index in [9.17, 15) is 42.9 Å². The molecule has 9 atom stereocenters. The molecule has 28 heteroatoms. The lowest BCUT2D eigenvalue weighted by atomic mass is 9.99. The molecule has 0 aliphatic carbocycles. The summed E-state index contributed by atoms with van der Waals surface area (Å²) in [6, 6.07) is 24.3. The molecule has 6 aromatic rings. The third-order valence-electron chi connectivity index (χ3n) is 20.3. The van der Waals surface area contributed by atoms with Crippen LogP contribution < -0.4 is 59.5 Å². The fourth-order valence-corrected chi connectivity index (χ4v) is 14.7. The maximum atomic E-state index is 14.6. The molecule has 106 heavy (non-hydrogen) atoms. The highest BCUT2D eigenvalue weighted by molar-refractivity contribution is 5.81. The van der Waals surface area contributed by atoms with Crippen LogP contribution in [0.4, 0.5) is 30.6 Å². The number of rotatable bonds is 20. The van der Waals surface area contributed by atoms with Crippen molar-refractivity contribution in [2.45, 2.75) is 117 Å². The Morgan fingerprint density at radius 3 is 1.08 bits per heavy atom. The molecule has 6 saturated heterocycles. The molecule has 8 N–H and O–H groups in total. The highest BCUT2D eigenvalue weighted by atomic mass is 19.1. The summed E-state index contributed by atoms with van der Waals surface area (Å²) < 4.78 is 75.7. The van der Waals surface area contributed by atoms with Crippen LogP contribution in [0.5, 0.6) is 34.5 Å². The van der Waals surface area contributed by atoms with Crippen molar-refractivity contribution in [3.63, 3.8) is 0 Å². The van der Waals surface area contributed by atoms with Gasteiger partial charge in [0.15, 0.2) is 51.9 Å². The number of carboxylic acids is 1. The maximum absolute atomic E-state index is 14.6. The van der Waals surface area contributed by atoms with E-state index >= 15 is 0 Å². The van der Waals surface area contributed by atoms with Crippen molar-refractivity contribution in [3.05, 3.63) is 144 Å². The van der Waals surface area contributed by atoms with Gasteiger partial charge in [0, 0.05) is 83.5 Å². The molecule has 9 aliphatic rings. The lowest BCUT2D eigenvalue weighted by molar-refractivity contribution is -0.141. The number of likely N-dealkylation sites (tertiary alicyclic amines) is 3. The molecule has 578 valence electrons. The number of nitrogens with zero attached hydrogens (tertiary/aromatic N) is 9. The largest absolute Gasteiger partial charge is 0.486 e. The first-order valence-corrected chi connectivity index (χ1v) is 36.1. The van der Waals surface area contributed by atoms with Gasteiger partial charge in [-0.1, -0.05) is 40.5 Å². The first-order valence-electron chi connectivity index (χ1n) is 36.1. The molecular weight excluding hydrogens is 1370 g/mol. The van der Waals surface area contributed by atoms with Gasteiger partial charge >= 0.3 is 5.97 Å². The third-order valence-corrected chi connectivity index (χ3v) is 20.3. The number of aliphatic carboxylic acids is 1. The zero-order chi connectivity index (χ0) is 71.8. The van der Waals surface area contributed by atoms with Crippen LogP contribution in [-0.2, 0) is 14.4 Å². The van der Waals surface area contributed by atoms with E-state index in [0.29, 0.717) is 107 Å². The van der Waals surface area contributed by atoms with Crippen LogP contribution >= 0.6 is 0 Å². The van der Waals surface area contributed by atoms with E-state index in [1.54, 1.807) is 36.8 Å². The Morgan fingerprint density at radius 1 is 0.443 bits per heavy atom. The number of carbonyl (C=O) groups is 3. The van der Waals surface area contributed by atoms with E-state index in [0.717, 1.165) is 102 Å². The van der Waals surface area contributed by atoms with Crippen LogP contribution in [0.25, 0.3) is 0 Å². The summed E-state index contributed by atoms with van der Waals surface area (Å²) in [5, 5.41) is 47.9. The average Bonchev–Trinajstić information content (AvgIpc) is 1.08. The van der Waals surface area contributed by atoms with Gasteiger partial charge in [-0.3, -0.25) is 14.4 Å². The van der Waals surface area contributed by atoms with Crippen molar-refractivity contribution in [3.8, 4) is 34.5 Å². The summed E-state index contributed by atoms with van der Waals surface area (Å²) in [5.74, 6) is 0.557. The summed E-state index contributed by atoms with van der Waals surface area (Å²) in [6.07, 6.45) is 11.0. The smallest absolute Gasteiger partial charge is 0.308 e. The number of fused-ring (bicyclic) bond motifs is 3. The number of hydrogen-bond acceptors (Lipinski definition) is 22. The molecule has 3 aromatic carbocycles. The monoisotopic (exact) mass is 1480 g/mol. The van der Waals surface area contributed by atoms with E-state index in [1.165, 1.54) is 31.0 Å². The Hall–Kier alpha value is -8.77. The Kier molecular flexibility index (Phi) is 30.1. The van der Waals surface area contributed by atoms with Gasteiger partial charge in [-0.2, -0.15) is 0 Å². The number of halogens is 3. The average molecular weight is 1480 g/mol. The number of pyridine rings is 3. The number of anilines is 3. The second-order valence-corrected chi connectivity index (χ2v) is 27.5. The standard InChI is InChI=1S/2C25H31FN4O4.C15H21FN2O3.C10H12N2O2.3CH4/c2*26-19-13-18(14-21-24(19)34-12-11-33-21)23(31)20(16-29-8-3-4-9-29)28-25(32)17-6-10-30(15-17)22-5-1-2-7-27-22;16-11-7-10(8-13-15(11)21-6-5-20-13)14(19)12(17)9-18-3-1-2-4-18;13-10(14)8-4-6-12(7-8)9-3-1-2-5-11-9;;;/h2*1-2,5,7,13-14,17,20,23,31H,3-4,6,8-12,15-16H2,(H,28,32);7-8,12,14,19H,1-6,9,17H2;1-3,5,8H,4,6-7H2,(H,13,14);3*1H4/t17-,20+,23+;17-,20-,23-;12-,14-;;;;/m011..../s1. The van der Waals surface area contributed by atoms with Crippen molar-refractivity contribution >= 4 is 35.2 Å². The molecule has 9 aliphatic heterocycles. The number of aromatic nitrogens is 3. The Balaban J connectivity index is 0.000000170. The molecule has 0 spiro atoms. The highest BCUT2D eigenvalue weighted by Gasteiger charge is 2.38. The molecule has 0 saturated carbocycles. The van der Waals surface area contributed by atoms with Crippen LogP contribution in [0.2, 0.25) is 0 Å². The van der Waals surface area contributed by atoms with Crippen LogP contribution in [0.1, 0.15) is 115 Å². The molecule has 15 rings (SSSR count). The number of carboxylic acid groups (broad SMARTS) is 1. The van der Waals surface area contributed by atoms with Gasteiger partial charge in [0.1, 0.15) is 69.3 Å². The van der Waals surface area contributed by atoms with Crippen LogP contribution in [0.3, 0.4) is 0 Å². The summed E-state index contributed by atoms with van der Waals surface area (Å²) in [5.41, 5.74) is 7.24. The normalized spacial score (nSPS) is 21.1. The SMILES string of the molecule is C.C.C.N[C@H](CN1CCCC1)[C@H](O)c1cc(F)c2c(c1)OCCO2.O=C(N[C@H](CN1CCCC1)[C@H](O)c1cc(F)c2c(c1)OCCO2)[C@@H]1CCN(c2ccccn2)C1.O=C(N[C@H](CN1CCCC1)[C@H](O)c1cc(F)c2c(c1)OCCO2)[C@H]1CCN(c2ccccn2)C1.O=C(O)C1CCN(c2ccccn2)C1. The highest BCUT2D eigenvalue weighted by Crippen LogP contribution is 2.40. The van der Waals surface area contributed by atoms with Crippen molar-refractivity contribution in [1.29, 1.82) is 0 Å². The van der Waals surface area contributed by atoms with Gasteiger partial charge in [-0.25, -0.2) is 28.1 Å². The number of nitrogens with two attached hydrogens (primary N) is 1. The van der Waals surface area contributed by atoms with Gasteiger partial charge in [-0.15, -0.1) is 0 Å². The summed E-state index contributed by atoms with van der Waals surface area (Å²) >= 11 is 0. The topological polar surface area (TPSA) is 296 Å². The number of carbonyl (C=O) groups excluding carboxylic acids is 2. The summed E-state index contributed by atoms with van der Waals surface area (Å²) in [6.45, 7) is 13.3. The number of hydrogen-bond donors (Lipinski definition) is 7. The minimum absolute atomic E-state index is 0. The van der Waals surface area contributed by atoms with Gasteiger partial charge in [0.25, 0.3) is 0 Å². The summed E-state index contributed by atoms with van der Waals surface area (Å²) in [4.78, 5) is 63.1. The van der Waals surface area contributed by atoms with E-state index < -0.39 is 59.9 Å².